The molecule has 90 valence electrons. The summed E-state index contributed by atoms with van der Waals surface area (Å²) in [7, 11) is 0. The second kappa shape index (κ2) is 3.74. The van der Waals surface area contributed by atoms with E-state index in [1.165, 1.54) is 0 Å². The molecule has 1 aromatic carbocycles. The van der Waals surface area contributed by atoms with Crippen LogP contribution in [0.15, 0.2) is 18.2 Å². The van der Waals surface area contributed by atoms with Crippen molar-refractivity contribution in [1.82, 2.24) is 0 Å². The standard InChI is InChI=1S/C13H14O4/c1-9(14)13(7-15-8-13)10-2-3-11-12(6-10)17-5-4-16-11/h2-3,6H,4-5,7-8H2,1H3. The second-order valence-corrected chi connectivity index (χ2v) is 4.49. The van der Waals surface area contributed by atoms with Crippen LogP contribution in [0.2, 0.25) is 0 Å². The van der Waals surface area contributed by atoms with Gasteiger partial charge >= 0.3 is 0 Å². The zero-order valence-corrected chi connectivity index (χ0v) is 9.69. The number of hydrogen-bond acceptors (Lipinski definition) is 4. The third kappa shape index (κ3) is 1.52. The molecule has 0 spiro atoms. The predicted molar refractivity (Wildman–Crippen MR) is 60.6 cm³/mol. The Kier molecular flexibility index (Phi) is 2.33. The van der Waals surface area contributed by atoms with Crippen LogP contribution in [0.1, 0.15) is 12.5 Å². The summed E-state index contributed by atoms with van der Waals surface area (Å²) in [5.74, 6) is 1.61. The van der Waals surface area contributed by atoms with Crippen LogP contribution in [0.3, 0.4) is 0 Å². The third-order valence-corrected chi connectivity index (χ3v) is 3.47. The monoisotopic (exact) mass is 234 g/mol. The van der Waals surface area contributed by atoms with Gasteiger partial charge in [-0.25, -0.2) is 0 Å². The first-order valence-corrected chi connectivity index (χ1v) is 5.71. The molecule has 4 nitrogen and oxygen atoms in total. The van der Waals surface area contributed by atoms with Crippen LogP contribution in [0.4, 0.5) is 0 Å². The van der Waals surface area contributed by atoms with Gasteiger partial charge in [0.25, 0.3) is 0 Å². The number of benzene rings is 1. The van der Waals surface area contributed by atoms with Gasteiger partial charge in [-0.1, -0.05) is 6.07 Å². The van der Waals surface area contributed by atoms with Crippen LogP contribution < -0.4 is 9.47 Å². The fraction of sp³-hybridized carbons (Fsp3) is 0.462. The van der Waals surface area contributed by atoms with Gasteiger partial charge in [0.1, 0.15) is 24.4 Å². The minimum atomic E-state index is -0.476. The summed E-state index contributed by atoms with van der Waals surface area (Å²) < 4.78 is 16.2. The Labute approximate surface area is 99.5 Å². The van der Waals surface area contributed by atoms with Crippen LogP contribution in [0, 0.1) is 0 Å². The second-order valence-electron chi connectivity index (χ2n) is 4.49. The van der Waals surface area contributed by atoms with Crippen LogP contribution in [0.5, 0.6) is 11.5 Å². The molecule has 0 aliphatic carbocycles. The fourth-order valence-corrected chi connectivity index (χ4v) is 2.22. The summed E-state index contributed by atoms with van der Waals surface area (Å²) in [6.07, 6.45) is 0. The summed E-state index contributed by atoms with van der Waals surface area (Å²) >= 11 is 0. The van der Waals surface area contributed by atoms with E-state index in [0.29, 0.717) is 26.4 Å². The number of rotatable bonds is 2. The van der Waals surface area contributed by atoms with E-state index in [-0.39, 0.29) is 5.78 Å². The summed E-state index contributed by atoms with van der Waals surface area (Å²) in [5.41, 5.74) is 0.482. The highest BCUT2D eigenvalue weighted by Gasteiger charge is 2.45. The topological polar surface area (TPSA) is 44.8 Å². The van der Waals surface area contributed by atoms with Crippen LogP contribution in [-0.2, 0) is 14.9 Å². The summed E-state index contributed by atoms with van der Waals surface area (Å²) in [6.45, 7) is 3.66. The molecule has 3 rings (SSSR count). The van der Waals surface area contributed by atoms with Gasteiger partial charge in [-0.2, -0.15) is 0 Å². The molecule has 2 aliphatic rings. The van der Waals surface area contributed by atoms with E-state index in [4.69, 9.17) is 14.2 Å². The molecule has 1 aromatic rings. The van der Waals surface area contributed by atoms with Crippen molar-refractivity contribution in [2.24, 2.45) is 0 Å². The maximum absolute atomic E-state index is 11.8. The van der Waals surface area contributed by atoms with Gasteiger partial charge in [-0.05, 0) is 24.6 Å². The molecule has 1 saturated heterocycles. The van der Waals surface area contributed by atoms with E-state index in [1.54, 1.807) is 6.92 Å². The summed E-state index contributed by atoms with van der Waals surface area (Å²) in [6, 6.07) is 5.70. The highest BCUT2D eigenvalue weighted by molar-refractivity contribution is 5.89. The lowest BCUT2D eigenvalue weighted by molar-refractivity contribution is -0.140. The van der Waals surface area contributed by atoms with Crippen LogP contribution >= 0.6 is 0 Å². The van der Waals surface area contributed by atoms with E-state index >= 15 is 0 Å². The Hall–Kier alpha value is -1.55. The minimum Gasteiger partial charge on any atom is -0.486 e. The van der Waals surface area contributed by atoms with Gasteiger partial charge in [-0.15, -0.1) is 0 Å². The lowest BCUT2D eigenvalue weighted by Gasteiger charge is -2.40. The van der Waals surface area contributed by atoms with Crippen molar-refractivity contribution in [2.45, 2.75) is 12.3 Å². The number of Topliss-reactive ketones (excluding diaryl/α,β-unsaturated/α-hetero) is 1. The molecule has 0 amide bonds. The Morgan fingerprint density at radius 2 is 1.88 bits per heavy atom. The third-order valence-electron chi connectivity index (χ3n) is 3.47. The molecule has 2 heterocycles. The van der Waals surface area contributed by atoms with Crippen molar-refractivity contribution in [1.29, 1.82) is 0 Å². The molecule has 0 atom stereocenters. The first-order valence-electron chi connectivity index (χ1n) is 5.71. The Bertz CT molecular complexity index is 462. The highest BCUT2D eigenvalue weighted by atomic mass is 16.6. The van der Waals surface area contributed by atoms with Crippen molar-refractivity contribution in [3.8, 4) is 11.5 Å². The molecular weight excluding hydrogens is 220 g/mol. The molecule has 4 heteroatoms. The zero-order chi connectivity index (χ0) is 11.9. The average Bonchev–Trinajstić information content (AvgIpc) is 2.27. The lowest BCUT2D eigenvalue weighted by atomic mass is 9.75. The molecule has 1 fully saturated rings. The molecule has 0 bridgehead atoms. The number of carbonyl (C=O) groups is 1. The molecule has 0 N–H and O–H groups in total. The van der Waals surface area contributed by atoms with Gasteiger partial charge in [-0.3, -0.25) is 4.79 Å². The van der Waals surface area contributed by atoms with Crippen molar-refractivity contribution in [3.63, 3.8) is 0 Å². The summed E-state index contributed by atoms with van der Waals surface area (Å²) in [5, 5.41) is 0. The zero-order valence-electron chi connectivity index (χ0n) is 9.69. The van der Waals surface area contributed by atoms with Crippen molar-refractivity contribution >= 4 is 5.78 Å². The number of fused-ring (bicyclic) bond motifs is 1. The van der Waals surface area contributed by atoms with Gasteiger partial charge in [0, 0.05) is 0 Å². The molecule has 2 aliphatic heterocycles. The normalized spacial score (nSPS) is 20.5. The van der Waals surface area contributed by atoms with Crippen LogP contribution in [0.25, 0.3) is 0 Å². The van der Waals surface area contributed by atoms with Crippen LogP contribution in [-0.4, -0.2) is 32.2 Å². The van der Waals surface area contributed by atoms with E-state index in [2.05, 4.69) is 0 Å². The average molecular weight is 234 g/mol. The lowest BCUT2D eigenvalue weighted by Crippen LogP contribution is -2.52. The van der Waals surface area contributed by atoms with E-state index < -0.39 is 5.41 Å². The fourth-order valence-electron chi connectivity index (χ4n) is 2.22. The molecule has 0 unspecified atom stereocenters. The number of ether oxygens (including phenoxy) is 3. The molecule has 0 aromatic heterocycles. The Morgan fingerprint density at radius 1 is 1.18 bits per heavy atom. The maximum atomic E-state index is 11.8. The number of ketones is 1. The van der Waals surface area contributed by atoms with Gasteiger partial charge in [0.05, 0.1) is 13.2 Å². The summed E-state index contributed by atoms with van der Waals surface area (Å²) in [4.78, 5) is 11.8. The van der Waals surface area contributed by atoms with Crippen molar-refractivity contribution in [2.75, 3.05) is 26.4 Å². The first-order chi connectivity index (χ1) is 8.22. The van der Waals surface area contributed by atoms with Gasteiger partial charge < -0.3 is 14.2 Å². The molecule has 17 heavy (non-hydrogen) atoms. The smallest absolute Gasteiger partial charge is 0.161 e. The molecule has 0 radical (unpaired) electrons. The number of carbonyl (C=O) groups excluding carboxylic acids is 1. The Balaban J connectivity index is 2.01. The Morgan fingerprint density at radius 3 is 2.47 bits per heavy atom. The number of hydrogen-bond donors (Lipinski definition) is 0. The van der Waals surface area contributed by atoms with Gasteiger partial charge in [0.15, 0.2) is 11.5 Å². The van der Waals surface area contributed by atoms with E-state index in [1.807, 2.05) is 18.2 Å². The van der Waals surface area contributed by atoms with E-state index in [9.17, 15) is 4.79 Å². The minimum absolute atomic E-state index is 0.139. The largest absolute Gasteiger partial charge is 0.486 e. The molecular formula is C13H14O4. The highest BCUT2D eigenvalue weighted by Crippen LogP contribution is 2.39. The van der Waals surface area contributed by atoms with Crippen molar-refractivity contribution in [3.05, 3.63) is 23.8 Å². The SMILES string of the molecule is CC(=O)C1(c2ccc3c(c2)OCCO3)COC1. The quantitative estimate of drug-likeness (QED) is 0.774. The first kappa shape index (κ1) is 10.6. The maximum Gasteiger partial charge on any atom is 0.161 e. The molecule has 0 saturated carbocycles. The van der Waals surface area contributed by atoms with Gasteiger partial charge in [0.2, 0.25) is 0 Å². The predicted octanol–water partition coefficient (Wildman–Crippen LogP) is 1.31. The van der Waals surface area contributed by atoms with E-state index in [0.717, 1.165) is 17.1 Å². The van der Waals surface area contributed by atoms with Crippen molar-refractivity contribution < 1.29 is 19.0 Å².